The van der Waals surface area contributed by atoms with Gasteiger partial charge in [-0.15, -0.1) is 11.3 Å². The second-order valence-corrected chi connectivity index (χ2v) is 6.10. The summed E-state index contributed by atoms with van der Waals surface area (Å²) in [6, 6.07) is 5.63. The van der Waals surface area contributed by atoms with Crippen molar-refractivity contribution in [1.82, 2.24) is 10.3 Å². The molecular weight excluding hydrogens is 312 g/mol. The Balaban J connectivity index is 1.86. The number of thiazole rings is 1. The van der Waals surface area contributed by atoms with Gasteiger partial charge in [0.2, 0.25) is 5.91 Å². The Morgan fingerprint density at radius 1 is 1.35 bits per heavy atom. The molecule has 0 aliphatic rings. The highest BCUT2D eigenvalue weighted by Gasteiger charge is 2.05. The smallest absolute Gasteiger partial charge is 0.244 e. The van der Waals surface area contributed by atoms with Crippen molar-refractivity contribution in [1.29, 1.82) is 0 Å². The Kier molecular flexibility index (Phi) is 6.17. The second kappa shape index (κ2) is 8.33. The van der Waals surface area contributed by atoms with Crippen molar-refractivity contribution in [3.05, 3.63) is 45.9 Å². The topological polar surface area (TPSA) is 60.5 Å². The molecule has 2 rings (SSSR count). The van der Waals surface area contributed by atoms with Crippen LogP contribution >= 0.6 is 11.3 Å². The fourth-order valence-corrected chi connectivity index (χ4v) is 2.76. The molecule has 0 atom stereocenters. The molecule has 0 fully saturated rings. The summed E-state index contributed by atoms with van der Waals surface area (Å²) < 4.78 is 10.5. The van der Waals surface area contributed by atoms with E-state index >= 15 is 0 Å². The van der Waals surface area contributed by atoms with E-state index in [1.54, 1.807) is 37.8 Å². The Morgan fingerprint density at radius 2 is 2.17 bits per heavy atom. The van der Waals surface area contributed by atoms with Crippen LogP contribution in [-0.2, 0) is 11.2 Å². The molecule has 0 aliphatic heterocycles. The van der Waals surface area contributed by atoms with Crippen molar-refractivity contribution in [2.45, 2.75) is 13.3 Å². The lowest BCUT2D eigenvalue weighted by Gasteiger charge is -2.10. The van der Waals surface area contributed by atoms with Gasteiger partial charge in [0.1, 0.15) is 11.5 Å². The third-order valence-corrected chi connectivity index (χ3v) is 4.10. The van der Waals surface area contributed by atoms with Crippen LogP contribution in [0.5, 0.6) is 11.5 Å². The molecule has 2 aromatic rings. The molecule has 0 unspecified atom stereocenters. The minimum atomic E-state index is -0.127. The van der Waals surface area contributed by atoms with Gasteiger partial charge in [-0.1, -0.05) is 0 Å². The number of aromatic nitrogens is 1. The molecule has 1 aromatic carbocycles. The molecule has 0 spiro atoms. The zero-order valence-electron chi connectivity index (χ0n) is 13.5. The SMILES string of the molecule is COc1ccc(OC)c(CCNC(=O)/C=C/c2cnc(C)s2)c1. The number of nitrogens with one attached hydrogen (secondary N) is 1. The Labute approximate surface area is 140 Å². The van der Waals surface area contributed by atoms with Gasteiger partial charge >= 0.3 is 0 Å². The molecule has 1 N–H and O–H groups in total. The molecule has 0 aliphatic carbocycles. The third-order valence-electron chi connectivity index (χ3n) is 3.22. The van der Waals surface area contributed by atoms with Crippen LogP contribution < -0.4 is 14.8 Å². The number of nitrogens with zero attached hydrogens (tertiary/aromatic N) is 1. The second-order valence-electron chi connectivity index (χ2n) is 4.83. The molecule has 1 aromatic heterocycles. The van der Waals surface area contributed by atoms with E-state index in [-0.39, 0.29) is 5.91 Å². The summed E-state index contributed by atoms with van der Waals surface area (Å²) in [5, 5.41) is 3.84. The highest BCUT2D eigenvalue weighted by molar-refractivity contribution is 7.12. The maximum Gasteiger partial charge on any atom is 0.244 e. The maximum atomic E-state index is 11.8. The number of benzene rings is 1. The molecule has 0 radical (unpaired) electrons. The summed E-state index contributed by atoms with van der Waals surface area (Å²) >= 11 is 1.55. The minimum Gasteiger partial charge on any atom is -0.497 e. The van der Waals surface area contributed by atoms with E-state index in [2.05, 4.69) is 10.3 Å². The molecule has 1 heterocycles. The number of methoxy groups -OCH3 is 2. The number of hydrogen-bond acceptors (Lipinski definition) is 5. The van der Waals surface area contributed by atoms with Crippen molar-refractivity contribution < 1.29 is 14.3 Å². The van der Waals surface area contributed by atoms with Crippen molar-refractivity contribution in [3.63, 3.8) is 0 Å². The van der Waals surface area contributed by atoms with Gasteiger partial charge in [-0.25, -0.2) is 4.98 Å². The number of carbonyl (C=O) groups excluding carboxylic acids is 1. The highest BCUT2D eigenvalue weighted by atomic mass is 32.1. The Morgan fingerprint density at radius 3 is 2.83 bits per heavy atom. The van der Waals surface area contributed by atoms with E-state index in [1.165, 1.54) is 6.08 Å². The first-order valence-electron chi connectivity index (χ1n) is 7.21. The number of ether oxygens (including phenoxy) is 2. The predicted octanol–water partition coefficient (Wildman–Crippen LogP) is 2.84. The zero-order valence-corrected chi connectivity index (χ0v) is 14.3. The number of amides is 1. The average Bonchev–Trinajstić information content (AvgIpc) is 2.98. The van der Waals surface area contributed by atoms with Crippen LogP contribution in [0, 0.1) is 6.92 Å². The van der Waals surface area contributed by atoms with Crippen molar-refractivity contribution in [2.24, 2.45) is 0 Å². The van der Waals surface area contributed by atoms with Crippen molar-refractivity contribution in [2.75, 3.05) is 20.8 Å². The van der Waals surface area contributed by atoms with Crippen molar-refractivity contribution >= 4 is 23.3 Å². The number of carbonyl (C=O) groups is 1. The maximum absolute atomic E-state index is 11.8. The summed E-state index contributed by atoms with van der Waals surface area (Å²) in [6.07, 6.45) is 5.71. The monoisotopic (exact) mass is 332 g/mol. The Hall–Kier alpha value is -2.34. The zero-order chi connectivity index (χ0) is 16.7. The van der Waals surface area contributed by atoms with E-state index < -0.39 is 0 Å². The summed E-state index contributed by atoms with van der Waals surface area (Å²) in [5.74, 6) is 1.43. The predicted molar refractivity (Wildman–Crippen MR) is 92.1 cm³/mol. The number of aryl methyl sites for hydroxylation is 1. The van der Waals surface area contributed by atoms with Gasteiger partial charge in [0.25, 0.3) is 0 Å². The van der Waals surface area contributed by atoms with Crippen LogP contribution in [0.2, 0.25) is 0 Å². The third kappa shape index (κ3) is 5.10. The van der Waals surface area contributed by atoms with Gasteiger partial charge < -0.3 is 14.8 Å². The van der Waals surface area contributed by atoms with Gasteiger partial charge in [0.05, 0.1) is 19.2 Å². The molecule has 0 saturated carbocycles. The number of hydrogen-bond donors (Lipinski definition) is 1. The van der Waals surface area contributed by atoms with Crippen LogP contribution in [0.15, 0.2) is 30.5 Å². The molecule has 5 nitrogen and oxygen atoms in total. The molecule has 6 heteroatoms. The first-order valence-corrected chi connectivity index (χ1v) is 8.03. The highest BCUT2D eigenvalue weighted by Crippen LogP contribution is 2.24. The van der Waals surface area contributed by atoms with Crippen LogP contribution in [0.3, 0.4) is 0 Å². The van der Waals surface area contributed by atoms with Gasteiger partial charge in [0.15, 0.2) is 0 Å². The van der Waals surface area contributed by atoms with Gasteiger partial charge in [0, 0.05) is 23.7 Å². The molecule has 0 bridgehead atoms. The Bertz CT molecular complexity index is 695. The fraction of sp³-hybridized carbons (Fsp3) is 0.294. The fourth-order valence-electron chi connectivity index (χ4n) is 2.07. The van der Waals surface area contributed by atoms with Gasteiger partial charge in [-0.05, 0) is 43.2 Å². The summed E-state index contributed by atoms with van der Waals surface area (Å²) in [4.78, 5) is 16.9. The quantitative estimate of drug-likeness (QED) is 0.792. The van der Waals surface area contributed by atoms with Gasteiger partial charge in [-0.3, -0.25) is 4.79 Å². The summed E-state index contributed by atoms with van der Waals surface area (Å²) in [7, 11) is 3.25. The average molecular weight is 332 g/mol. The van der Waals surface area contributed by atoms with Gasteiger partial charge in [-0.2, -0.15) is 0 Å². The summed E-state index contributed by atoms with van der Waals surface area (Å²) in [5.41, 5.74) is 0.995. The van der Waals surface area contributed by atoms with Crippen LogP contribution in [0.4, 0.5) is 0 Å². The minimum absolute atomic E-state index is 0.127. The molecular formula is C17H20N2O3S. The molecule has 0 saturated heterocycles. The molecule has 23 heavy (non-hydrogen) atoms. The summed E-state index contributed by atoms with van der Waals surface area (Å²) in [6.45, 7) is 2.46. The lowest BCUT2D eigenvalue weighted by atomic mass is 10.1. The lowest BCUT2D eigenvalue weighted by Crippen LogP contribution is -2.23. The van der Waals surface area contributed by atoms with Crippen LogP contribution in [-0.4, -0.2) is 31.7 Å². The first-order chi connectivity index (χ1) is 11.1. The van der Waals surface area contributed by atoms with Crippen LogP contribution in [0.25, 0.3) is 6.08 Å². The normalized spacial score (nSPS) is 10.7. The standard InChI is InChI=1S/C17H20N2O3S/c1-12-19-11-15(23-12)5-7-17(20)18-9-8-13-10-14(21-2)4-6-16(13)22-3/h4-7,10-11H,8-9H2,1-3H3,(H,18,20)/b7-5+. The van der Waals surface area contributed by atoms with E-state index in [1.807, 2.05) is 25.1 Å². The van der Waals surface area contributed by atoms with E-state index in [4.69, 9.17) is 9.47 Å². The largest absolute Gasteiger partial charge is 0.497 e. The van der Waals surface area contributed by atoms with E-state index in [0.717, 1.165) is 26.9 Å². The molecule has 1 amide bonds. The van der Waals surface area contributed by atoms with E-state index in [9.17, 15) is 4.79 Å². The molecule has 122 valence electrons. The lowest BCUT2D eigenvalue weighted by molar-refractivity contribution is -0.116. The number of rotatable bonds is 7. The van der Waals surface area contributed by atoms with Crippen LogP contribution in [0.1, 0.15) is 15.4 Å². The van der Waals surface area contributed by atoms with E-state index in [0.29, 0.717) is 13.0 Å². The van der Waals surface area contributed by atoms with Crippen molar-refractivity contribution in [3.8, 4) is 11.5 Å². The first kappa shape index (κ1) is 17.0.